The second kappa shape index (κ2) is 8.26. The topological polar surface area (TPSA) is 41.5 Å². The molecule has 3 nitrogen and oxygen atoms in total. The fourth-order valence-corrected chi connectivity index (χ4v) is 6.46. The normalized spacial score (nSPS) is 22.2. The number of hydrogen-bond acceptors (Lipinski definition) is 3. The van der Waals surface area contributed by atoms with Crippen molar-refractivity contribution in [2.75, 3.05) is 24.7 Å². The van der Waals surface area contributed by atoms with E-state index in [1.807, 2.05) is 12.1 Å². The molecular formula is C22H30NO2S+. The van der Waals surface area contributed by atoms with E-state index in [1.54, 1.807) is 7.11 Å². The summed E-state index contributed by atoms with van der Waals surface area (Å²) in [6, 6.07) is 14.6. The molecule has 4 heteroatoms. The van der Waals surface area contributed by atoms with Crippen molar-refractivity contribution in [1.29, 1.82) is 0 Å². The van der Waals surface area contributed by atoms with Gasteiger partial charge in [0.1, 0.15) is 5.75 Å². The van der Waals surface area contributed by atoms with Gasteiger partial charge in [0.05, 0.1) is 23.7 Å². The second-order valence-corrected chi connectivity index (χ2v) is 9.16. The zero-order valence-electron chi connectivity index (χ0n) is 16.0. The van der Waals surface area contributed by atoms with E-state index in [9.17, 15) is 5.11 Å². The van der Waals surface area contributed by atoms with Crippen molar-refractivity contribution in [2.24, 2.45) is 5.41 Å². The third-order valence-electron chi connectivity index (χ3n) is 5.49. The highest BCUT2D eigenvalue weighted by atomic mass is 32.2. The molecule has 140 valence electrons. The van der Waals surface area contributed by atoms with Crippen LogP contribution in [0.15, 0.2) is 52.3 Å². The number of aromatic hydroxyl groups is 1. The van der Waals surface area contributed by atoms with Crippen molar-refractivity contribution in [2.45, 2.75) is 49.3 Å². The number of rotatable bonds is 6. The quantitative estimate of drug-likeness (QED) is 0.523. The Morgan fingerprint density at radius 1 is 1.19 bits per heavy atom. The van der Waals surface area contributed by atoms with Crippen LogP contribution in [0, 0.1) is 5.41 Å². The van der Waals surface area contributed by atoms with Crippen LogP contribution in [0.3, 0.4) is 0 Å². The summed E-state index contributed by atoms with van der Waals surface area (Å²) in [5.74, 6) is 1.88. The predicted octanol–water partition coefficient (Wildman–Crippen LogP) is 5.45. The van der Waals surface area contributed by atoms with Crippen molar-refractivity contribution >= 4 is 16.6 Å². The van der Waals surface area contributed by atoms with Crippen LogP contribution in [0.25, 0.3) is 0 Å². The van der Waals surface area contributed by atoms with Gasteiger partial charge in [-0.25, -0.2) is 0 Å². The number of anilines is 1. The summed E-state index contributed by atoms with van der Waals surface area (Å²) in [5, 5.41) is 14.1. The van der Waals surface area contributed by atoms with Gasteiger partial charge in [0.25, 0.3) is 0 Å². The van der Waals surface area contributed by atoms with Gasteiger partial charge in [-0.15, -0.1) is 0 Å². The van der Waals surface area contributed by atoms with Crippen LogP contribution in [0.2, 0.25) is 0 Å². The maximum absolute atomic E-state index is 10.4. The highest BCUT2D eigenvalue weighted by Gasteiger charge is 2.43. The largest absolute Gasteiger partial charge is 0.504 e. The van der Waals surface area contributed by atoms with Gasteiger partial charge in [0.2, 0.25) is 0 Å². The Balaban J connectivity index is 2.09. The van der Waals surface area contributed by atoms with Gasteiger partial charge >= 0.3 is 0 Å². The summed E-state index contributed by atoms with van der Waals surface area (Å²) in [4.78, 5) is 2.54. The first-order chi connectivity index (χ1) is 12.6. The lowest BCUT2D eigenvalue weighted by Crippen LogP contribution is -2.34. The number of phenols is 1. The lowest BCUT2D eigenvalue weighted by molar-refractivity contribution is 0.304. The molecule has 0 bridgehead atoms. The molecule has 0 fully saturated rings. The lowest BCUT2D eigenvalue weighted by Gasteiger charge is -2.29. The standard InChI is InChI=1S/C22H29NO2S/c1-4-6-12-22(5-2)15-23-18-13-20(25-3)19(24)14-21(18)26(16-22)17-10-8-7-9-11-17/h7-11,13-14,23H,4-6,12,15-16H2,1-3H3/p+1. The summed E-state index contributed by atoms with van der Waals surface area (Å²) in [5.41, 5.74) is 1.37. The fraction of sp³-hybridized carbons (Fsp3) is 0.455. The molecule has 0 spiro atoms. The Hall–Kier alpha value is -1.81. The fourth-order valence-electron chi connectivity index (χ4n) is 3.68. The third-order valence-corrected chi connectivity index (χ3v) is 8.10. The van der Waals surface area contributed by atoms with Crippen LogP contribution < -0.4 is 10.1 Å². The molecule has 2 unspecified atom stereocenters. The van der Waals surface area contributed by atoms with Crippen molar-refractivity contribution < 1.29 is 9.84 Å². The van der Waals surface area contributed by atoms with Gasteiger partial charge in [-0.1, -0.05) is 44.9 Å². The molecule has 0 saturated heterocycles. The average Bonchev–Trinajstić information content (AvgIpc) is 2.84. The van der Waals surface area contributed by atoms with E-state index in [0.717, 1.165) is 24.4 Å². The van der Waals surface area contributed by atoms with Crippen LogP contribution in [0.1, 0.15) is 39.5 Å². The first-order valence-corrected chi connectivity index (χ1v) is 10.9. The van der Waals surface area contributed by atoms with E-state index in [-0.39, 0.29) is 22.1 Å². The van der Waals surface area contributed by atoms with E-state index < -0.39 is 0 Å². The number of methoxy groups -OCH3 is 1. The van der Waals surface area contributed by atoms with Crippen LogP contribution in [0.5, 0.6) is 11.5 Å². The van der Waals surface area contributed by atoms with E-state index in [2.05, 4.69) is 49.5 Å². The molecule has 3 rings (SSSR count). The Morgan fingerprint density at radius 2 is 1.96 bits per heavy atom. The van der Waals surface area contributed by atoms with Gasteiger partial charge in [0, 0.05) is 24.1 Å². The van der Waals surface area contributed by atoms with Crippen molar-refractivity contribution in [3.05, 3.63) is 42.5 Å². The van der Waals surface area contributed by atoms with Gasteiger partial charge in [-0.05, 0) is 25.0 Å². The molecule has 26 heavy (non-hydrogen) atoms. The highest BCUT2D eigenvalue weighted by molar-refractivity contribution is 7.97. The summed E-state index contributed by atoms with van der Waals surface area (Å²) >= 11 is 0. The number of unbranched alkanes of at least 4 members (excludes halogenated alkanes) is 1. The summed E-state index contributed by atoms with van der Waals surface area (Å²) in [6.45, 7) is 5.56. The van der Waals surface area contributed by atoms with E-state index in [4.69, 9.17) is 4.74 Å². The number of fused-ring (bicyclic) bond motifs is 1. The monoisotopic (exact) mass is 372 g/mol. The third kappa shape index (κ3) is 3.80. The molecule has 2 N–H and O–H groups in total. The molecular weight excluding hydrogens is 342 g/mol. The van der Waals surface area contributed by atoms with Crippen LogP contribution in [0.4, 0.5) is 5.69 Å². The van der Waals surface area contributed by atoms with E-state index in [1.165, 1.54) is 29.1 Å². The Morgan fingerprint density at radius 3 is 2.62 bits per heavy atom. The molecule has 1 heterocycles. The second-order valence-electron chi connectivity index (χ2n) is 7.18. The SMILES string of the molecule is CCCCC1(CC)CNc2cc(OC)c(O)cc2[S+](c2ccccc2)C1. The minimum atomic E-state index is -0.0717. The summed E-state index contributed by atoms with van der Waals surface area (Å²) in [7, 11) is 1.53. The molecule has 0 saturated carbocycles. The van der Waals surface area contributed by atoms with E-state index in [0.29, 0.717) is 5.75 Å². The molecule has 0 amide bonds. The molecule has 1 aliphatic heterocycles. The number of hydrogen-bond donors (Lipinski definition) is 2. The molecule has 0 aromatic heterocycles. The zero-order chi connectivity index (χ0) is 18.6. The van der Waals surface area contributed by atoms with Crippen LogP contribution in [-0.2, 0) is 10.9 Å². The summed E-state index contributed by atoms with van der Waals surface area (Å²) < 4.78 is 5.35. The van der Waals surface area contributed by atoms with Gasteiger partial charge in [-0.2, -0.15) is 0 Å². The number of ether oxygens (including phenoxy) is 1. The first kappa shape index (κ1) is 19.0. The maximum Gasteiger partial charge on any atom is 0.187 e. The van der Waals surface area contributed by atoms with Gasteiger partial charge in [0.15, 0.2) is 21.3 Å². The Kier molecular flexibility index (Phi) is 6.02. The molecule has 0 aliphatic carbocycles. The van der Waals surface area contributed by atoms with Crippen LogP contribution in [-0.4, -0.2) is 24.5 Å². The Labute approximate surface area is 160 Å². The molecule has 0 radical (unpaired) electrons. The predicted molar refractivity (Wildman–Crippen MR) is 111 cm³/mol. The number of nitrogens with one attached hydrogen (secondary N) is 1. The zero-order valence-corrected chi connectivity index (χ0v) is 16.9. The van der Waals surface area contributed by atoms with Crippen molar-refractivity contribution in [1.82, 2.24) is 0 Å². The van der Waals surface area contributed by atoms with Crippen molar-refractivity contribution in [3.63, 3.8) is 0 Å². The average molecular weight is 373 g/mol. The maximum atomic E-state index is 10.4. The molecule has 2 aromatic rings. The van der Waals surface area contributed by atoms with E-state index >= 15 is 0 Å². The number of benzene rings is 2. The summed E-state index contributed by atoms with van der Waals surface area (Å²) in [6.07, 6.45) is 4.88. The minimum absolute atomic E-state index is 0.0717. The smallest absolute Gasteiger partial charge is 0.187 e. The molecule has 2 atom stereocenters. The van der Waals surface area contributed by atoms with Gasteiger partial charge < -0.3 is 15.2 Å². The van der Waals surface area contributed by atoms with Gasteiger partial charge in [-0.3, -0.25) is 0 Å². The highest BCUT2D eigenvalue weighted by Crippen LogP contribution is 2.45. The lowest BCUT2D eigenvalue weighted by atomic mass is 9.82. The molecule has 2 aromatic carbocycles. The molecule has 1 aliphatic rings. The first-order valence-electron chi connectivity index (χ1n) is 9.53. The van der Waals surface area contributed by atoms with Crippen LogP contribution >= 0.6 is 0 Å². The minimum Gasteiger partial charge on any atom is -0.504 e. The Bertz CT molecular complexity index is 734. The number of phenolic OH excluding ortho intramolecular Hbond substituents is 1. The van der Waals surface area contributed by atoms with Crippen molar-refractivity contribution in [3.8, 4) is 11.5 Å².